The molecule has 0 bridgehead atoms. The van der Waals surface area contributed by atoms with Crippen LogP contribution in [0.5, 0.6) is 0 Å². The first kappa shape index (κ1) is 9.80. The molecule has 0 spiro atoms. The van der Waals surface area contributed by atoms with E-state index in [0.717, 1.165) is 0 Å². The van der Waals surface area contributed by atoms with Crippen molar-refractivity contribution in [1.82, 2.24) is 0 Å². The van der Waals surface area contributed by atoms with Gasteiger partial charge in [-0.05, 0) is 0 Å². The standard InChI is InChI=1S/H3O4P.Se/c1-5(2,3)4;/h(H3,1,2,3,4);/q;+3/p-3. The van der Waals surface area contributed by atoms with E-state index in [1.165, 1.54) is 0 Å². The monoisotopic (exact) mass is 175 g/mol. The molecule has 0 atom stereocenters. The van der Waals surface area contributed by atoms with Crippen LogP contribution >= 0.6 is 7.82 Å². The number of hydrogen-bond donors (Lipinski definition) is 0. The summed E-state index contributed by atoms with van der Waals surface area (Å²) < 4.78 is 8.55. The van der Waals surface area contributed by atoms with E-state index < -0.39 is 7.82 Å². The molecule has 0 saturated heterocycles. The predicted octanol–water partition coefficient (Wildman–Crippen LogP) is -3.21. The zero-order valence-electron chi connectivity index (χ0n) is 2.49. The second-order valence-electron chi connectivity index (χ2n) is 0.447. The van der Waals surface area contributed by atoms with E-state index in [4.69, 9.17) is 19.2 Å². The third-order valence-corrected chi connectivity index (χ3v) is 0. The third-order valence-electron chi connectivity index (χ3n) is 0. The molecule has 0 heterocycles. The molecule has 4 nitrogen and oxygen atoms in total. The summed E-state index contributed by atoms with van der Waals surface area (Å²) in [5, 5.41) is 0. The summed E-state index contributed by atoms with van der Waals surface area (Å²) in [7, 11) is -5.39. The van der Waals surface area contributed by atoms with Gasteiger partial charge in [0.1, 0.15) is 0 Å². The van der Waals surface area contributed by atoms with Gasteiger partial charge in [0.15, 0.2) is 0 Å². The SMILES string of the molecule is O=P([O-])([O-])[O-].[Se+3]. The van der Waals surface area contributed by atoms with E-state index in [1.807, 2.05) is 0 Å². The fourth-order valence-corrected chi connectivity index (χ4v) is 0. The molecule has 0 fully saturated rings. The van der Waals surface area contributed by atoms with Crippen LogP contribution in [0.2, 0.25) is 0 Å². The molecule has 0 amide bonds. The minimum absolute atomic E-state index is 0. The minimum Gasteiger partial charge on any atom is -0.822 e. The van der Waals surface area contributed by atoms with Crippen molar-refractivity contribution in [3.05, 3.63) is 0 Å². The Bertz CT molecular complexity index is 53.7. The maximum atomic E-state index is 8.55. The summed E-state index contributed by atoms with van der Waals surface area (Å²) >= 11 is 0. The van der Waals surface area contributed by atoms with Crippen LogP contribution < -0.4 is 14.7 Å². The van der Waals surface area contributed by atoms with Crippen LogP contribution in [0, 0.1) is 0 Å². The maximum Gasteiger partial charge on any atom is 3.00 e. The molecule has 3 radical (unpaired) electrons. The van der Waals surface area contributed by atoms with E-state index >= 15 is 0 Å². The fraction of sp³-hybridized carbons (Fsp3) is 0. The summed E-state index contributed by atoms with van der Waals surface area (Å²) in [6, 6.07) is 0. The Hall–Kier alpha value is 0.629. The first-order valence-corrected chi connectivity index (χ1v) is 2.19. The minimum atomic E-state index is -5.39. The Labute approximate surface area is 44.9 Å². The number of rotatable bonds is 0. The van der Waals surface area contributed by atoms with Crippen LogP contribution in [0.15, 0.2) is 0 Å². The van der Waals surface area contributed by atoms with Crippen molar-refractivity contribution in [3.63, 3.8) is 0 Å². The van der Waals surface area contributed by atoms with Crippen molar-refractivity contribution in [2.24, 2.45) is 0 Å². The second-order valence-corrected chi connectivity index (χ2v) is 1.34. The van der Waals surface area contributed by atoms with E-state index in [1.54, 1.807) is 0 Å². The van der Waals surface area contributed by atoms with Gasteiger partial charge in [-0.3, -0.25) is 0 Å². The molecule has 0 aromatic carbocycles. The topological polar surface area (TPSA) is 86.2 Å². The Morgan fingerprint density at radius 1 is 1.17 bits per heavy atom. The molecule has 35 valence electrons. The fourth-order valence-electron chi connectivity index (χ4n) is 0. The van der Waals surface area contributed by atoms with Crippen molar-refractivity contribution in [1.29, 1.82) is 0 Å². The van der Waals surface area contributed by atoms with Gasteiger partial charge >= 0.3 is 17.1 Å². The summed E-state index contributed by atoms with van der Waals surface area (Å²) in [6.45, 7) is 0. The number of phosphoric acid groups is 1. The molecular formula is O4PSe. The smallest absolute Gasteiger partial charge is 0.822 e. The van der Waals surface area contributed by atoms with Crippen LogP contribution in [0.1, 0.15) is 0 Å². The number of hydrogen-bond acceptors (Lipinski definition) is 4. The maximum absolute atomic E-state index is 8.55. The molecule has 0 N–H and O–H groups in total. The summed E-state index contributed by atoms with van der Waals surface area (Å²) in [4.78, 5) is 25.6. The zero-order chi connectivity index (χ0) is 4.50. The van der Waals surface area contributed by atoms with E-state index in [-0.39, 0.29) is 17.1 Å². The Kier molecular flexibility index (Phi) is 4.49. The Morgan fingerprint density at radius 3 is 1.17 bits per heavy atom. The van der Waals surface area contributed by atoms with Crippen LogP contribution in [0.25, 0.3) is 0 Å². The normalized spacial score (nSPS) is 9.83. The molecular weight excluding hydrogens is 174 g/mol. The van der Waals surface area contributed by atoms with Gasteiger partial charge in [-0.2, -0.15) is 7.82 Å². The van der Waals surface area contributed by atoms with Crippen LogP contribution in [-0.2, 0) is 4.57 Å². The van der Waals surface area contributed by atoms with Gasteiger partial charge < -0.3 is 19.2 Å². The van der Waals surface area contributed by atoms with Gasteiger partial charge in [-0.15, -0.1) is 0 Å². The molecule has 0 aliphatic rings. The molecule has 6 heavy (non-hydrogen) atoms. The third kappa shape index (κ3) is 154. The second kappa shape index (κ2) is 2.75. The Balaban J connectivity index is 0. The van der Waals surface area contributed by atoms with Crippen molar-refractivity contribution in [2.75, 3.05) is 0 Å². The first-order valence-electron chi connectivity index (χ1n) is 0.730. The molecule has 6 heteroatoms. The van der Waals surface area contributed by atoms with E-state index in [0.29, 0.717) is 0 Å². The van der Waals surface area contributed by atoms with Gasteiger partial charge in [-0.25, -0.2) is 0 Å². The van der Waals surface area contributed by atoms with Crippen molar-refractivity contribution >= 4 is 24.9 Å². The average molecular weight is 174 g/mol. The molecule has 0 aliphatic heterocycles. The van der Waals surface area contributed by atoms with Gasteiger partial charge in [-0.1, -0.05) is 0 Å². The van der Waals surface area contributed by atoms with Gasteiger partial charge in [0, 0.05) is 0 Å². The zero-order valence-corrected chi connectivity index (χ0v) is 5.10. The molecule has 0 aromatic rings. The van der Waals surface area contributed by atoms with Crippen molar-refractivity contribution in [2.45, 2.75) is 0 Å². The molecule has 0 aromatic heterocycles. The molecule has 0 unspecified atom stereocenters. The molecule has 0 saturated carbocycles. The van der Waals surface area contributed by atoms with Crippen molar-refractivity contribution in [3.8, 4) is 0 Å². The van der Waals surface area contributed by atoms with E-state index in [2.05, 4.69) is 0 Å². The van der Waals surface area contributed by atoms with Crippen LogP contribution in [-0.4, -0.2) is 17.1 Å². The molecule has 0 rings (SSSR count). The van der Waals surface area contributed by atoms with Gasteiger partial charge in [0.2, 0.25) is 0 Å². The average Bonchev–Trinajstić information content (AvgIpc) is 0.722. The quantitative estimate of drug-likeness (QED) is 0.285. The van der Waals surface area contributed by atoms with Crippen molar-refractivity contribution < 1.29 is 19.2 Å². The Morgan fingerprint density at radius 2 is 1.17 bits per heavy atom. The summed E-state index contributed by atoms with van der Waals surface area (Å²) in [5.41, 5.74) is 0. The molecule has 0 aliphatic carbocycles. The first-order chi connectivity index (χ1) is 2.00. The summed E-state index contributed by atoms with van der Waals surface area (Å²) in [6.07, 6.45) is 0. The summed E-state index contributed by atoms with van der Waals surface area (Å²) in [5.74, 6) is 0. The van der Waals surface area contributed by atoms with Gasteiger partial charge in [0.25, 0.3) is 0 Å². The predicted molar refractivity (Wildman–Crippen MR) is 13.4 cm³/mol. The van der Waals surface area contributed by atoms with E-state index in [9.17, 15) is 0 Å². The van der Waals surface area contributed by atoms with Crippen LogP contribution in [0.4, 0.5) is 0 Å². The largest absolute Gasteiger partial charge is 3.00 e. The van der Waals surface area contributed by atoms with Gasteiger partial charge in [0.05, 0.1) is 0 Å². The van der Waals surface area contributed by atoms with Crippen LogP contribution in [0.3, 0.4) is 0 Å².